The third-order valence-corrected chi connectivity index (χ3v) is 6.92. The molecule has 264 valence electrons. The van der Waals surface area contributed by atoms with Gasteiger partial charge in [0.1, 0.15) is 24.4 Å². The van der Waals surface area contributed by atoms with Gasteiger partial charge in [-0.25, -0.2) is 9.59 Å². The lowest BCUT2D eigenvalue weighted by Crippen LogP contribution is -2.54. The number of anilines is 1. The van der Waals surface area contributed by atoms with E-state index in [4.69, 9.17) is 20.7 Å². The third-order valence-electron chi connectivity index (χ3n) is 6.92. The maximum absolute atomic E-state index is 13.3. The number of rotatable bonds is 20. The molecule has 0 radical (unpaired) electrons. The molecule has 0 aliphatic carbocycles. The second-order valence-electron chi connectivity index (χ2n) is 11.1. The molecule has 0 bridgehead atoms. The molecular formula is C31H41N9O9. The van der Waals surface area contributed by atoms with Gasteiger partial charge in [-0.15, -0.1) is 0 Å². The van der Waals surface area contributed by atoms with Gasteiger partial charge in [-0.05, 0) is 67.0 Å². The number of nitrogens with one attached hydrogen (secondary N) is 4. The van der Waals surface area contributed by atoms with E-state index in [2.05, 4.69) is 31.3 Å². The highest BCUT2D eigenvalue weighted by atomic mass is 16.7. The van der Waals surface area contributed by atoms with Gasteiger partial charge in [-0.2, -0.15) is 0 Å². The summed E-state index contributed by atoms with van der Waals surface area (Å²) in [5.74, 6) is -1.65. The Hall–Kier alpha value is -5.90. The fourth-order valence-corrected chi connectivity index (χ4v) is 4.34. The minimum absolute atomic E-state index is 0.0678. The quantitative estimate of drug-likeness (QED) is 0.0195. The minimum atomic E-state index is -1.03. The Kier molecular flexibility index (Phi) is 16.9. The first-order chi connectivity index (χ1) is 23.4. The molecule has 6 N–H and O–H groups in total. The van der Waals surface area contributed by atoms with Crippen LogP contribution < -0.4 is 31.7 Å². The van der Waals surface area contributed by atoms with Crippen molar-refractivity contribution >= 4 is 41.3 Å². The summed E-state index contributed by atoms with van der Waals surface area (Å²) in [6.45, 7) is 3.87. The third kappa shape index (κ3) is 15.5. The number of non-ortho nitro benzene ring substituents is 1. The normalized spacial score (nSPS) is 11.7. The van der Waals surface area contributed by atoms with Gasteiger partial charge in [0.25, 0.3) is 5.69 Å². The molecular weight excluding hydrogens is 642 g/mol. The molecule has 2 aromatic rings. The number of nitro benzene ring substituents is 1. The van der Waals surface area contributed by atoms with Gasteiger partial charge in [0.15, 0.2) is 0 Å². The van der Waals surface area contributed by atoms with Crippen LogP contribution in [0.1, 0.15) is 57.9 Å². The van der Waals surface area contributed by atoms with Gasteiger partial charge < -0.3 is 36.5 Å². The summed E-state index contributed by atoms with van der Waals surface area (Å²) in [6, 6.07) is 8.55. The molecule has 0 aliphatic rings. The van der Waals surface area contributed by atoms with E-state index < -0.39 is 41.0 Å². The maximum atomic E-state index is 13.3. The first kappa shape index (κ1) is 39.3. The van der Waals surface area contributed by atoms with E-state index in [0.717, 1.165) is 0 Å². The lowest BCUT2D eigenvalue weighted by atomic mass is 10.0. The number of hydrogen-bond acceptors (Lipinski definition) is 10. The SMILES string of the molecule is CC(C)[C@H](NC(=O)CCCCCN=[N+]=[N-])C(=O)N[C@@H](CCCNC(N)=O)C(=O)Nc1ccc(COC(=O)Oc2ccc([N+](=O)[O-])cc2)cc1. The van der Waals surface area contributed by atoms with Crippen LogP contribution >= 0.6 is 0 Å². The largest absolute Gasteiger partial charge is 0.514 e. The first-order valence-electron chi connectivity index (χ1n) is 15.5. The second kappa shape index (κ2) is 21.1. The molecule has 0 saturated carbocycles. The van der Waals surface area contributed by atoms with Crippen molar-refractivity contribution in [3.05, 3.63) is 74.7 Å². The van der Waals surface area contributed by atoms with E-state index in [-0.39, 0.29) is 49.3 Å². The number of urea groups is 1. The summed E-state index contributed by atoms with van der Waals surface area (Å²) < 4.78 is 10.1. The number of nitrogens with two attached hydrogens (primary N) is 1. The average Bonchev–Trinajstić information content (AvgIpc) is 3.06. The Morgan fingerprint density at radius 2 is 1.65 bits per heavy atom. The van der Waals surface area contributed by atoms with Gasteiger partial charge in [0.2, 0.25) is 17.7 Å². The zero-order valence-electron chi connectivity index (χ0n) is 27.3. The zero-order chi connectivity index (χ0) is 36.2. The van der Waals surface area contributed by atoms with E-state index in [9.17, 15) is 34.1 Å². The predicted molar refractivity (Wildman–Crippen MR) is 177 cm³/mol. The highest BCUT2D eigenvalue weighted by Gasteiger charge is 2.28. The lowest BCUT2D eigenvalue weighted by Gasteiger charge is -2.25. The number of carbonyl (C=O) groups excluding carboxylic acids is 5. The zero-order valence-corrected chi connectivity index (χ0v) is 27.3. The first-order valence-corrected chi connectivity index (χ1v) is 15.5. The summed E-state index contributed by atoms with van der Waals surface area (Å²) in [6.07, 6.45) is 1.48. The van der Waals surface area contributed by atoms with Crippen molar-refractivity contribution in [3.63, 3.8) is 0 Å². The molecule has 2 rings (SSSR count). The summed E-state index contributed by atoms with van der Waals surface area (Å²) in [7, 11) is 0. The number of amides is 5. The smallest absolute Gasteiger partial charge is 0.429 e. The number of azide groups is 1. The maximum Gasteiger partial charge on any atom is 0.514 e. The summed E-state index contributed by atoms with van der Waals surface area (Å²) in [5, 5.41) is 24.8. The van der Waals surface area contributed by atoms with Gasteiger partial charge in [-0.1, -0.05) is 37.5 Å². The topological polar surface area (TPSA) is 270 Å². The van der Waals surface area contributed by atoms with E-state index >= 15 is 0 Å². The van der Waals surface area contributed by atoms with Crippen molar-refractivity contribution in [2.24, 2.45) is 16.8 Å². The Labute approximate surface area is 282 Å². The molecule has 2 atom stereocenters. The van der Waals surface area contributed by atoms with Gasteiger partial charge in [-0.3, -0.25) is 24.5 Å². The number of nitro groups is 1. The van der Waals surface area contributed by atoms with Crippen LogP contribution in [-0.4, -0.2) is 60.0 Å². The number of carbonyl (C=O) groups is 5. The van der Waals surface area contributed by atoms with Crippen molar-refractivity contribution in [1.82, 2.24) is 16.0 Å². The van der Waals surface area contributed by atoms with Crippen molar-refractivity contribution in [2.75, 3.05) is 18.4 Å². The van der Waals surface area contributed by atoms with Gasteiger partial charge in [0.05, 0.1) is 4.92 Å². The summed E-state index contributed by atoms with van der Waals surface area (Å²) >= 11 is 0. The molecule has 5 amide bonds. The number of benzene rings is 2. The lowest BCUT2D eigenvalue weighted by molar-refractivity contribution is -0.384. The van der Waals surface area contributed by atoms with Crippen LogP contribution in [0.4, 0.5) is 21.0 Å². The molecule has 0 heterocycles. The van der Waals surface area contributed by atoms with Crippen LogP contribution in [0.5, 0.6) is 5.75 Å². The van der Waals surface area contributed by atoms with E-state index in [0.29, 0.717) is 43.5 Å². The molecule has 0 fully saturated rings. The fraction of sp³-hybridized carbons (Fsp3) is 0.452. The minimum Gasteiger partial charge on any atom is -0.429 e. The Morgan fingerprint density at radius 3 is 2.27 bits per heavy atom. The molecule has 18 nitrogen and oxygen atoms in total. The van der Waals surface area contributed by atoms with Crippen molar-refractivity contribution in [2.45, 2.75) is 71.1 Å². The van der Waals surface area contributed by atoms with Gasteiger partial charge in [0, 0.05) is 42.2 Å². The average molecular weight is 684 g/mol. The van der Waals surface area contributed by atoms with Crippen LogP contribution in [0.3, 0.4) is 0 Å². The summed E-state index contributed by atoms with van der Waals surface area (Å²) in [5.41, 5.74) is 14.2. The number of primary amides is 1. The van der Waals surface area contributed by atoms with Crippen LogP contribution in [0.25, 0.3) is 10.4 Å². The predicted octanol–water partition coefficient (Wildman–Crippen LogP) is 4.19. The van der Waals surface area contributed by atoms with Crippen molar-refractivity contribution in [1.29, 1.82) is 0 Å². The molecule has 2 aromatic carbocycles. The van der Waals surface area contributed by atoms with Crippen LogP contribution in [-0.2, 0) is 25.7 Å². The number of nitrogens with zero attached hydrogens (tertiary/aromatic N) is 4. The van der Waals surface area contributed by atoms with Crippen LogP contribution in [0.15, 0.2) is 53.6 Å². The summed E-state index contributed by atoms with van der Waals surface area (Å²) in [4.78, 5) is 75.1. The van der Waals surface area contributed by atoms with Crippen LogP contribution in [0.2, 0.25) is 0 Å². The molecule has 49 heavy (non-hydrogen) atoms. The van der Waals surface area contributed by atoms with Crippen LogP contribution in [0, 0.1) is 16.0 Å². The van der Waals surface area contributed by atoms with E-state index in [1.165, 1.54) is 24.3 Å². The number of hydrogen-bond donors (Lipinski definition) is 5. The molecule has 0 aromatic heterocycles. The second-order valence-corrected chi connectivity index (χ2v) is 11.1. The highest BCUT2D eigenvalue weighted by molar-refractivity contribution is 5.98. The molecule has 18 heteroatoms. The Balaban J connectivity index is 1.97. The molecule has 0 unspecified atom stereocenters. The van der Waals surface area contributed by atoms with Crippen molar-refractivity contribution in [3.8, 4) is 5.75 Å². The fourth-order valence-electron chi connectivity index (χ4n) is 4.34. The van der Waals surface area contributed by atoms with Gasteiger partial charge >= 0.3 is 12.2 Å². The van der Waals surface area contributed by atoms with E-state index in [1.807, 2.05) is 0 Å². The van der Waals surface area contributed by atoms with E-state index in [1.54, 1.807) is 38.1 Å². The monoisotopic (exact) mass is 683 g/mol. The Bertz CT molecular complexity index is 1480. The highest BCUT2D eigenvalue weighted by Crippen LogP contribution is 2.18. The molecule has 0 aliphatic heterocycles. The number of ether oxygens (including phenoxy) is 2. The molecule has 0 spiro atoms. The number of unbranched alkanes of at least 4 members (excludes halogenated alkanes) is 2. The Morgan fingerprint density at radius 1 is 0.959 bits per heavy atom. The van der Waals surface area contributed by atoms with Crippen molar-refractivity contribution < 1.29 is 38.4 Å². The standard InChI is InChI=1S/C31H41N9O9/c1-20(2)27(38-26(41)8-4-3-5-18-35-39-33)29(43)37-25(7-6-17-34-30(32)44)28(42)36-22-11-9-21(10-12-22)19-48-31(45)49-24-15-13-23(14-16-24)40(46)47/h9-16,20,25,27H,3-8,17-19H2,1-2H3,(H,36,42)(H,37,43)(H,38,41)(H3,32,34,44)/t25-,27-/m0/s1. The molecule has 0 saturated heterocycles.